The van der Waals surface area contributed by atoms with Crippen molar-refractivity contribution >= 4 is 46.7 Å². The first-order valence-corrected chi connectivity index (χ1v) is 8.54. The minimum absolute atomic E-state index is 0.0000102. The number of aromatic nitrogens is 2. The molecule has 0 fully saturated rings. The molecule has 106 valence electrons. The van der Waals surface area contributed by atoms with Gasteiger partial charge in [-0.3, -0.25) is 9.59 Å². The van der Waals surface area contributed by atoms with Crippen molar-refractivity contribution in [3.05, 3.63) is 0 Å². The SMILES string of the molecule is CCCCNC(=O)CSc1nnc(SCC(N)=O)s1. The van der Waals surface area contributed by atoms with Crippen molar-refractivity contribution in [3.8, 4) is 0 Å². The summed E-state index contributed by atoms with van der Waals surface area (Å²) in [7, 11) is 0. The third-order valence-electron chi connectivity index (χ3n) is 1.91. The number of hydrogen-bond donors (Lipinski definition) is 2. The van der Waals surface area contributed by atoms with Gasteiger partial charge in [0.05, 0.1) is 11.5 Å². The molecular weight excluding hydrogens is 304 g/mol. The summed E-state index contributed by atoms with van der Waals surface area (Å²) in [6.45, 7) is 2.79. The number of nitrogens with one attached hydrogen (secondary N) is 1. The van der Waals surface area contributed by atoms with Gasteiger partial charge in [0.15, 0.2) is 8.68 Å². The third kappa shape index (κ3) is 7.38. The van der Waals surface area contributed by atoms with E-state index < -0.39 is 0 Å². The number of hydrogen-bond acceptors (Lipinski definition) is 7. The molecule has 19 heavy (non-hydrogen) atoms. The van der Waals surface area contributed by atoms with Gasteiger partial charge in [-0.25, -0.2) is 0 Å². The van der Waals surface area contributed by atoms with Gasteiger partial charge >= 0.3 is 0 Å². The van der Waals surface area contributed by atoms with Crippen LogP contribution in [0.2, 0.25) is 0 Å². The monoisotopic (exact) mass is 320 g/mol. The Morgan fingerprint density at radius 3 is 2.47 bits per heavy atom. The third-order valence-corrected chi connectivity index (χ3v) is 5.12. The molecule has 6 nitrogen and oxygen atoms in total. The van der Waals surface area contributed by atoms with Crippen LogP contribution in [-0.2, 0) is 9.59 Å². The smallest absolute Gasteiger partial charge is 0.230 e. The maximum absolute atomic E-state index is 11.5. The molecule has 0 saturated heterocycles. The van der Waals surface area contributed by atoms with Crippen LogP contribution in [0.4, 0.5) is 0 Å². The summed E-state index contributed by atoms with van der Waals surface area (Å²) in [6.07, 6.45) is 2.05. The first kappa shape index (κ1) is 16.3. The Bertz CT molecular complexity index is 425. The lowest BCUT2D eigenvalue weighted by molar-refractivity contribution is -0.118. The summed E-state index contributed by atoms with van der Waals surface area (Å²) in [5.74, 6) is 0.139. The lowest BCUT2D eigenvalue weighted by atomic mass is 10.3. The van der Waals surface area contributed by atoms with E-state index >= 15 is 0 Å². The summed E-state index contributed by atoms with van der Waals surface area (Å²) >= 11 is 3.96. The van der Waals surface area contributed by atoms with E-state index in [2.05, 4.69) is 22.4 Å². The number of amides is 2. The molecule has 0 aliphatic rings. The number of thioether (sulfide) groups is 2. The summed E-state index contributed by atoms with van der Waals surface area (Å²) in [4.78, 5) is 22.1. The lowest BCUT2D eigenvalue weighted by Crippen LogP contribution is -2.25. The Morgan fingerprint density at radius 1 is 1.26 bits per heavy atom. The topological polar surface area (TPSA) is 98.0 Å². The van der Waals surface area contributed by atoms with Crippen LogP contribution in [0.1, 0.15) is 19.8 Å². The van der Waals surface area contributed by atoms with Gasteiger partial charge in [0.2, 0.25) is 11.8 Å². The van der Waals surface area contributed by atoms with Crippen LogP contribution < -0.4 is 11.1 Å². The van der Waals surface area contributed by atoms with Crippen LogP contribution in [-0.4, -0.2) is 40.1 Å². The van der Waals surface area contributed by atoms with Crippen molar-refractivity contribution in [2.45, 2.75) is 28.4 Å². The Balaban J connectivity index is 2.25. The van der Waals surface area contributed by atoms with E-state index in [0.717, 1.165) is 17.2 Å². The van der Waals surface area contributed by atoms with E-state index in [1.807, 2.05) is 0 Å². The highest BCUT2D eigenvalue weighted by Crippen LogP contribution is 2.28. The molecule has 1 heterocycles. The molecule has 0 atom stereocenters. The van der Waals surface area contributed by atoms with E-state index in [0.29, 0.717) is 16.6 Å². The van der Waals surface area contributed by atoms with Gasteiger partial charge in [-0.15, -0.1) is 10.2 Å². The van der Waals surface area contributed by atoms with E-state index in [-0.39, 0.29) is 17.6 Å². The number of rotatable bonds is 9. The Morgan fingerprint density at radius 2 is 1.89 bits per heavy atom. The number of carbonyl (C=O) groups is 2. The van der Waals surface area contributed by atoms with Crippen molar-refractivity contribution in [3.63, 3.8) is 0 Å². The van der Waals surface area contributed by atoms with Crippen molar-refractivity contribution in [1.82, 2.24) is 15.5 Å². The van der Waals surface area contributed by atoms with Crippen LogP contribution >= 0.6 is 34.9 Å². The zero-order chi connectivity index (χ0) is 14.1. The largest absolute Gasteiger partial charge is 0.369 e. The number of carbonyl (C=O) groups excluding carboxylic acids is 2. The molecule has 2 amide bonds. The predicted octanol–water partition coefficient (Wildman–Crippen LogP) is 1.12. The molecular formula is C10H16N4O2S3. The molecule has 0 aliphatic heterocycles. The van der Waals surface area contributed by atoms with Crippen LogP contribution in [0.25, 0.3) is 0 Å². The Hall–Kier alpha value is -0.800. The van der Waals surface area contributed by atoms with Crippen molar-refractivity contribution < 1.29 is 9.59 Å². The number of primary amides is 1. The molecule has 1 aromatic heterocycles. The molecule has 0 spiro atoms. The minimum atomic E-state index is -0.385. The highest BCUT2D eigenvalue weighted by molar-refractivity contribution is 8.03. The normalized spacial score (nSPS) is 10.4. The Kier molecular flexibility index (Phi) is 7.84. The van der Waals surface area contributed by atoms with Crippen molar-refractivity contribution in [1.29, 1.82) is 0 Å². The molecule has 0 unspecified atom stereocenters. The van der Waals surface area contributed by atoms with Crippen LogP contribution in [0, 0.1) is 0 Å². The van der Waals surface area contributed by atoms with Crippen molar-refractivity contribution in [2.24, 2.45) is 5.73 Å². The van der Waals surface area contributed by atoms with E-state index in [9.17, 15) is 9.59 Å². The molecule has 0 saturated carbocycles. The molecule has 0 aromatic carbocycles. The predicted molar refractivity (Wildman–Crippen MR) is 78.5 cm³/mol. The first-order chi connectivity index (χ1) is 9.11. The maximum Gasteiger partial charge on any atom is 0.230 e. The van der Waals surface area contributed by atoms with Crippen LogP contribution in [0.3, 0.4) is 0 Å². The highest BCUT2D eigenvalue weighted by Gasteiger charge is 2.09. The molecule has 3 N–H and O–H groups in total. The average Bonchev–Trinajstić information content (AvgIpc) is 2.82. The fourth-order valence-corrected chi connectivity index (χ4v) is 3.62. The average molecular weight is 320 g/mol. The van der Waals surface area contributed by atoms with E-state index in [1.54, 1.807) is 0 Å². The van der Waals surface area contributed by atoms with Crippen LogP contribution in [0.5, 0.6) is 0 Å². The molecule has 0 aliphatic carbocycles. The van der Waals surface area contributed by atoms with E-state index in [1.165, 1.54) is 34.9 Å². The first-order valence-electron chi connectivity index (χ1n) is 5.76. The zero-order valence-corrected chi connectivity index (χ0v) is 13.0. The quantitative estimate of drug-likeness (QED) is 0.523. The number of nitrogens with zero attached hydrogens (tertiary/aromatic N) is 2. The number of nitrogens with two attached hydrogens (primary N) is 1. The lowest BCUT2D eigenvalue weighted by Gasteiger charge is -2.01. The van der Waals surface area contributed by atoms with Gasteiger partial charge in [-0.05, 0) is 6.42 Å². The zero-order valence-electron chi connectivity index (χ0n) is 10.5. The second kappa shape index (κ2) is 9.16. The molecule has 1 aromatic rings. The van der Waals surface area contributed by atoms with Crippen LogP contribution in [0.15, 0.2) is 8.68 Å². The summed E-state index contributed by atoms with van der Waals surface area (Å²) < 4.78 is 1.41. The number of unbranched alkanes of at least 4 members (excludes halogenated alkanes) is 1. The second-order valence-corrected chi connectivity index (χ2v) is 7.00. The minimum Gasteiger partial charge on any atom is -0.369 e. The maximum atomic E-state index is 11.5. The van der Waals surface area contributed by atoms with Gasteiger partial charge in [-0.2, -0.15) is 0 Å². The van der Waals surface area contributed by atoms with Gasteiger partial charge < -0.3 is 11.1 Å². The summed E-state index contributed by atoms with van der Waals surface area (Å²) in [6, 6.07) is 0. The fourth-order valence-electron chi connectivity index (χ4n) is 1.03. The van der Waals surface area contributed by atoms with Gasteiger partial charge in [0, 0.05) is 6.54 Å². The summed E-state index contributed by atoms with van der Waals surface area (Å²) in [5, 5.41) is 10.7. The molecule has 0 radical (unpaired) electrons. The molecule has 0 bridgehead atoms. The Labute approximate surface area is 124 Å². The second-order valence-electron chi connectivity index (χ2n) is 3.58. The van der Waals surface area contributed by atoms with Gasteiger partial charge in [0.25, 0.3) is 0 Å². The molecule has 9 heteroatoms. The fraction of sp³-hybridized carbons (Fsp3) is 0.600. The van der Waals surface area contributed by atoms with E-state index in [4.69, 9.17) is 5.73 Å². The standard InChI is InChI=1S/C10H16N4O2S3/c1-2-3-4-12-8(16)6-18-10-14-13-9(19-10)17-5-7(11)15/h2-6H2,1H3,(H2,11,15)(H,12,16). The highest BCUT2D eigenvalue weighted by atomic mass is 32.2. The van der Waals surface area contributed by atoms with Gasteiger partial charge in [-0.1, -0.05) is 48.2 Å². The molecule has 1 rings (SSSR count). The van der Waals surface area contributed by atoms with Gasteiger partial charge in [0.1, 0.15) is 0 Å². The van der Waals surface area contributed by atoms with Crippen molar-refractivity contribution in [2.75, 3.05) is 18.1 Å². The summed E-state index contributed by atoms with van der Waals surface area (Å²) in [5.41, 5.74) is 5.04.